The number of thiophene rings is 1. The molecule has 1 unspecified atom stereocenters. The maximum atomic E-state index is 12.5. The highest BCUT2D eigenvalue weighted by molar-refractivity contribution is 7.91. The van der Waals surface area contributed by atoms with Crippen LogP contribution in [0.2, 0.25) is 4.34 Å². The number of halogens is 1. The van der Waals surface area contributed by atoms with Crippen LogP contribution in [-0.2, 0) is 14.8 Å². The summed E-state index contributed by atoms with van der Waals surface area (Å²) in [5.41, 5.74) is 0. The van der Waals surface area contributed by atoms with Crippen molar-refractivity contribution in [3.8, 4) is 0 Å². The van der Waals surface area contributed by atoms with Gasteiger partial charge in [-0.3, -0.25) is 0 Å². The molecule has 0 saturated carbocycles. The summed E-state index contributed by atoms with van der Waals surface area (Å²) in [6.45, 7) is 5.38. The van der Waals surface area contributed by atoms with Crippen LogP contribution in [0.3, 0.4) is 0 Å². The van der Waals surface area contributed by atoms with Crippen LogP contribution < -0.4 is 0 Å². The summed E-state index contributed by atoms with van der Waals surface area (Å²) in [6, 6.07) is 3.22. The Bertz CT molecular complexity index is 576. The van der Waals surface area contributed by atoms with E-state index in [0.29, 0.717) is 27.6 Å². The number of hydrogen-bond acceptors (Lipinski definition) is 5. The molecule has 8 heteroatoms. The molecule has 0 aliphatic carbocycles. The molecule has 1 aromatic rings. The number of sulfonamides is 1. The summed E-state index contributed by atoms with van der Waals surface area (Å²) in [7, 11) is -3.38. The molecule has 0 radical (unpaired) electrons. The first-order chi connectivity index (χ1) is 10.1. The zero-order valence-electron chi connectivity index (χ0n) is 11.7. The normalized spacial score (nSPS) is 25.5. The van der Waals surface area contributed by atoms with Gasteiger partial charge in [-0.15, -0.1) is 11.3 Å². The predicted molar refractivity (Wildman–Crippen MR) is 83.5 cm³/mol. The molecule has 3 rings (SSSR count). The lowest BCUT2D eigenvalue weighted by Gasteiger charge is -2.34. The van der Waals surface area contributed by atoms with Gasteiger partial charge in [-0.1, -0.05) is 11.6 Å². The van der Waals surface area contributed by atoms with Crippen LogP contribution in [0.15, 0.2) is 16.3 Å². The molecule has 3 heterocycles. The Kier molecular flexibility index (Phi) is 4.87. The largest absolute Gasteiger partial charge is 0.381 e. The minimum Gasteiger partial charge on any atom is -0.381 e. The Hall–Kier alpha value is -0.180. The second-order valence-corrected chi connectivity index (χ2v) is 9.37. The number of rotatable bonds is 4. The SMILES string of the molecule is O=S(=O)(c1ccc(Cl)s1)N1CCN(CC2CCOC2)CC1. The maximum Gasteiger partial charge on any atom is 0.252 e. The van der Waals surface area contributed by atoms with Gasteiger partial charge in [-0.2, -0.15) is 4.31 Å². The van der Waals surface area contributed by atoms with E-state index in [4.69, 9.17) is 16.3 Å². The average Bonchev–Trinajstić information content (AvgIpc) is 3.11. The summed E-state index contributed by atoms with van der Waals surface area (Å²) in [4.78, 5) is 2.34. The van der Waals surface area contributed by atoms with Gasteiger partial charge < -0.3 is 9.64 Å². The fourth-order valence-corrected chi connectivity index (χ4v) is 5.87. The smallest absolute Gasteiger partial charge is 0.252 e. The fraction of sp³-hybridized carbons (Fsp3) is 0.692. The van der Waals surface area contributed by atoms with E-state index >= 15 is 0 Å². The molecule has 1 atom stereocenters. The molecule has 0 spiro atoms. The second-order valence-electron chi connectivity index (χ2n) is 5.49. The molecule has 118 valence electrons. The molecule has 0 bridgehead atoms. The van der Waals surface area contributed by atoms with E-state index in [0.717, 1.165) is 50.6 Å². The summed E-state index contributed by atoms with van der Waals surface area (Å²) in [5.74, 6) is 0.601. The number of nitrogens with zero attached hydrogens (tertiary/aromatic N) is 2. The number of hydrogen-bond donors (Lipinski definition) is 0. The second kappa shape index (κ2) is 6.52. The van der Waals surface area contributed by atoms with Gasteiger partial charge in [0.2, 0.25) is 0 Å². The summed E-state index contributed by atoms with van der Waals surface area (Å²) in [5, 5.41) is 0. The van der Waals surface area contributed by atoms with Crippen molar-refractivity contribution in [3.63, 3.8) is 0 Å². The van der Waals surface area contributed by atoms with Gasteiger partial charge in [0.1, 0.15) is 4.21 Å². The van der Waals surface area contributed by atoms with Crippen molar-refractivity contribution < 1.29 is 13.2 Å². The average molecular weight is 351 g/mol. The first-order valence-corrected chi connectivity index (χ1v) is 9.75. The lowest BCUT2D eigenvalue weighted by Crippen LogP contribution is -2.49. The van der Waals surface area contributed by atoms with E-state index in [1.807, 2.05) is 0 Å². The van der Waals surface area contributed by atoms with Gasteiger partial charge in [0.05, 0.1) is 10.9 Å². The predicted octanol–water partition coefficient (Wildman–Crippen LogP) is 1.74. The Labute approximate surface area is 134 Å². The Morgan fingerprint density at radius 2 is 2.05 bits per heavy atom. The molecule has 2 aliphatic rings. The van der Waals surface area contributed by atoms with Crippen molar-refractivity contribution in [2.45, 2.75) is 10.6 Å². The maximum absolute atomic E-state index is 12.5. The lowest BCUT2D eigenvalue weighted by molar-refractivity contribution is 0.144. The van der Waals surface area contributed by atoms with E-state index in [1.165, 1.54) is 0 Å². The number of ether oxygens (including phenoxy) is 1. The van der Waals surface area contributed by atoms with E-state index in [2.05, 4.69) is 4.90 Å². The highest BCUT2D eigenvalue weighted by Gasteiger charge is 2.30. The fourth-order valence-electron chi connectivity index (χ4n) is 2.81. The molecular weight excluding hydrogens is 332 g/mol. The Morgan fingerprint density at radius 3 is 2.62 bits per heavy atom. The molecule has 2 aliphatic heterocycles. The Balaban J connectivity index is 1.57. The summed E-state index contributed by atoms with van der Waals surface area (Å²) < 4.78 is 32.8. The molecule has 0 amide bonds. The van der Waals surface area contributed by atoms with Crippen LogP contribution in [-0.4, -0.2) is 63.6 Å². The third-order valence-corrected chi connectivity index (χ3v) is 7.61. The van der Waals surface area contributed by atoms with E-state index < -0.39 is 10.0 Å². The van der Waals surface area contributed by atoms with Gasteiger partial charge in [0.15, 0.2) is 0 Å². The molecular formula is C13H19ClN2O3S2. The van der Waals surface area contributed by atoms with Crippen LogP contribution in [0.4, 0.5) is 0 Å². The van der Waals surface area contributed by atoms with Crippen LogP contribution in [0, 0.1) is 5.92 Å². The van der Waals surface area contributed by atoms with Crippen molar-refractivity contribution in [2.75, 3.05) is 45.9 Å². The topological polar surface area (TPSA) is 49.9 Å². The third-order valence-electron chi connectivity index (χ3n) is 4.01. The third kappa shape index (κ3) is 3.60. The lowest BCUT2D eigenvalue weighted by atomic mass is 10.1. The first-order valence-electron chi connectivity index (χ1n) is 7.11. The van der Waals surface area contributed by atoms with Gasteiger partial charge >= 0.3 is 0 Å². The van der Waals surface area contributed by atoms with Crippen molar-refractivity contribution in [1.29, 1.82) is 0 Å². The quantitative estimate of drug-likeness (QED) is 0.830. The van der Waals surface area contributed by atoms with Gasteiger partial charge in [0.25, 0.3) is 10.0 Å². The van der Waals surface area contributed by atoms with Crippen molar-refractivity contribution in [2.24, 2.45) is 5.92 Å². The van der Waals surface area contributed by atoms with Crippen molar-refractivity contribution in [1.82, 2.24) is 9.21 Å². The van der Waals surface area contributed by atoms with Crippen molar-refractivity contribution in [3.05, 3.63) is 16.5 Å². The van der Waals surface area contributed by atoms with Gasteiger partial charge in [-0.25, -0.2) is 8.42 Å². The number of piperazine rings is 1. The Morgan fingerprint density at radius 1 is 1.29 bits per heavy atom. The van der Waals surface area contributed by atoms with Crippen LogP contribution in [0.5, 0.6) is 0 Å². The van der Waals surface area contributed by atoms with E-state index in [1.54, 1.807) is 16.4 Å². The van der Waals surface area contributed by atoms with Gasteiger partial charge in [-0.05, 0) is 24.5 Å². The van der Waals surface area contributed by atoms with E-state index in [9.17, 15) is 8.42 Å². The monoisotopic (exact) mass is 350 g/mol. The molecule has 21 heavy (non-hydrogen) atoms. The molecule has 0 N–H and O–H groups in total. The van der Waals surface area contributed by atoms with Crippen LogP contribution >= 0.6 is 22.9 Å². The summed E-state index contributed by atoms with van der Waals surface area (Å²) >= 11 is 6.96. The standard InChI is InChI=1S/C13H19ClN2O3S2/c14-12-1-2-13(20-12)21(17,18)16-6-4-15(5-7-16)9-11-3-8-19-10-11/h1-2,11H,3-10H2. The molecule has 1 aromatic heterocycles. The zero-order chi connectivity index (χ0) is 14.9. The molecule has 5 nitrogen and oxygen atoms in total. The highest BCUT2D eigenvalue weighted by atomic mass is 35.5. The highest BCUT2D eigenvalue weighted by Crippen LogP contribution is 2.28. The summed E-state index contributed by atoms with van der Waals surface area (Å²) in [6.07, 6.45) is 1.12. The van der Waals surface area contributed by atoms with Crippen molar-refractivity contribution >= 4 is 33.0 Å². The van der Waals surface area contributed by atoms with Crippen LogP contribution in [0.1, 0.15) is 6.42 Å². The van der Waals surface area contributed by atoms with Crippen LogP contribution in [0.25, 0.3) is 0 Å². The van der Waals surface area contributed by atoms with E-state index in [-0.39, 0.29) is 0 Å². The first kappa shape index (κ1) is 15.7. The molecule has 0 aromatic carbocycles. The minimum atomic E-state index is -3.38. The molecule has 2 saturated heterocycles. The zero-order valence-corrected chi connectivity index (χ0v) is 14.1. The molecule has 2 fully saturated rings. The minimum absolute atomic E-state index is 0.338. The van der Waals surface area contributed by atoms with Gasteiger partial charge in [0, 0.05) is 39.3 Å².